The fourth-order valence-electron chi connectivity index (χ4n) is 4.33. The summed E-state index contributed by atoms with van der Waals surface area (Å²) in [7, 11) is 2.19. The molecule has 2 saturated heterocycles. The highest BCUT2D eigenvalue weighted by molar-refractivity contribution is 5.68. The van der Waals surface area contributed by atoms with Crippen LogP contribution in [0.5, 0.6) is 0 Å². The first-order chi connectivity index (χ1) is 11.3. The van der Waals surface area contributed by atoms with Crippen LogP contribution >= 0.6 is 0 Å². The number of rotatable bonds is 3. The lowest BCUT2D eigenvalue weighted by molar-refractivity contribution is -0.100. The Morgan fingerprint density at radius 2 is 1.88 bits per heavy atom. The molecule has 0 aromatic heterocycles. The van der Waals surface area contributed by atoms with Crippen molar-refractivity contribution in [3.05, 3.63) is 35.9 Å². The number of fused-ring (bicyclic) bond motifs is 3. The predicted octanol–water partition coefficient (Wildman–Crippen LogP) is 4.13. The van der Waals surface area contributed by atoms with Crippen LogP contribution in [-0.4, -0.2) is 35.7 Å². The van der Waals surface area contributed by atoms with Gasteiger partial charge in [-0.1, -0.05) is 30.3 Å². The average Bonchev–Trinajstić information content (AvgIpc) is 2.53. The first kappa shape index (κ1) is 17.3. The lowest BCUT2D eigenvalue weighted by Gasteiger charge is -2.56. The minimum Gasteiger partial charge on any atom is -0.439 e. The van der Waals surface area contributed by atoms with Crippen molar-refractivity contribution in [3.8, 4) is 0 Å². The Hall–Kier alpha value is -1.55. The van der Waals surface area contributed by atoms with Gasteiger partial charge in [-0.3, -0.25) is 4.90 Å². The van der Waals surface area contributed by atoms with Crippen molar-refractivity contribution in [1.29, 1.82) is 0 Å². The number of ether oxygens (including phenoxy) is 1. The molecule has 0 spiro atoms. The van der Waals surface area contributed by atoms with Gasteiger partial charge in [0.2, 0.25) is 0 Å². The first-order valence-corrected chi connectivity index (χ1v) is 9.05. The molecule has 0 unspecified atom stereocenters. The molecule has 0 radical (unpaired) electrons. The van der Waals surface area contributed by atoms with Gasteiger partial charge in [-0.05, 0) is 65.0 Å². The van der Waals surface area contributed by atoms with Gasteiger partial charge in [0, 0.05) is 12.1 Å². The average molecular weight is 330 g/mol. The Kier molecular flexibility index (Phi) is 4.60. The molecule has 1 N–H and O–H groups in total. The fraction of sp³-hybridized carbons (Fsp3) is 0.650. The third kappa shape index (κ3) is 3.44. The predicted molar refractivity (Wildman–Crippen MR) is 95.9 cm³/mol. The summed E-state index contributed by atoms with van der Waals surface area (Å²) in [5.74, 6) is 0.803. The van der Waals surface area contributed by atoms with E-state index in [9.17, 15) is 4.79 Å². The number of piperidine rings is 2. The van der Waals surface area contributed by atoms with Gasteiger partial charge >= 0.3 is 6.09 Å². The molecule has 1 saturated carbocycles. The van der Waals surface area contributed by atoms with Crippen LogP contribution in [0.25, 0.3) is 0 Å². The highest BCUT2D eigenvalue weighted by Crippen LogP contribution is 2.50. The molecule has 24 heavy (non-hydrogen) atoms. The molecule has 132 valence electrons. The van der Waals surface area contributed by atoms with Crippen LogP contribution < -0.4 is 5.32 Å². The zero-order valence-electron chi connectivity index (χ0n) is 15.3. The summed E-state index contributed by atoms with van der Waals surface area (Å²) in [6.07, 6.45) is 4.10. The summed E-state index contributed by atoms with van der Waals surface area (Å²) in [4.78, 5) is 14.9. The van der Waals surface area contributed by atoms with Crippen molar-refractivity contribution in [1.82, 2.24) is 10.2 Å². The number of hydrogen-bond acceptors (Lipinski definition) is 3. The quantitative estimate of drug-likeness (QED) is 0.906. The van der Waals surface area contributed by atoms with E-state index < -0.39 is 0 Å². The van der Waals surface area contributed by atoms with Crippen molar-refractivity contribution < 1.29 is 9.53 Å². The Balaban J connectivity index is 1.89. The fourth-order valence-corrected chi connectivity index (χ4v) is 4.33. The molecule has 4 nitrogen and oxygen atoms in total. The summed E-state index contributed by atoms with van der Waals surface area (Å²) in [6.45, 7) is 7.03. The number of amides is 1. The van der Waals surface area contributed by atoms with E-state index in [2.05, 4.69) is 29.4 Å². The number of benzene rings is 1. The number of carbonyl (C=O) groups is 1. The van der Waals surface area contributed by atoms with Gasteiger partial charge in [0.15, 0.2) is 0 Å². The van der Waals surface area contributed by atoms with Crippen LogP contribution in [0.2, 0.25) is 0 Å². The molecule has 4 rings (SSSR count). The number of hydrogen-bond donors (Lipinski definition) is 1. The number of nitrogens with one attached hydrogen (secondary N) is 1. The lowest BCUT2D eigenvalue weighted by atomic mass is 9.67. The summed E-state index contributed by atoms with van der Waals surface area (Å²) >= 11 is 0. The number of nitrogens with zero attached hydrogens (tertiary/aromatic N) is 1. The Bertz CT molecular complexity index is 571. The standard InChI is InChI=1S/C20H30N2O2/c1-19(2,3)21-18(23)24-17(16-8-6-5-7-9-16)20-12-10-15(11-13-20)14-22(20)4/h5-9,15,17H,10-14H2,1-4H3,(H,21,23)/t15?,17-,20?/m1/s1. The van der Waals surface area contributed by atoms with Gasteiger partial charge in [-0.2, -0.15) is 0 Å². The summed E-state index contributed by atoms with van der Waals surface area (Å²) in [5, 5.41) is 2.95. The van der Waals surface area contributed by atoms with E-state index in [0.29, 0.717) is 0 Å². The third-order valence-corrected chi connectivity index (χ3v) is 5.56. The molecular formula is C20H30N2O2. The van der Waals surface area contributed by atoms with Crippen LogP contribution in [0.15, 0.2) is 30.3 Å². The molecule has 3 fully saturated rings. The van der Waals surface area contributed by atoms with Gasteiger partial charge in [-0.15, -0.1) is 0 Å². The highest BCUT2D eigenvalue weighted by atomic mass is 16.6. The minimum absolute atomic E-state index is 0.0780. The van der Waals surface area contributed by atoms with Crippen molar-refractivity contribution >= 4 is 6.09 Å². The molecule has 1 aliphatic carbocycles. The zero-order valence-corrected chi connectivity index (χ0v) is 15.3. The van der Waals surface area contributed by atoms with Gasteiger partial charge < -0.3 is 10.1 Å². The van der Waals surface area contributed by atoms with E-state index in [-0.39, 0.29) is 23.3 Å². The number of alkyl carbamates (subject to hydrolysis) is 1. The summed E-state index contributed by atoms with van der Waals surface area (Å²) in [5.41, 5.74) is 0.714. The maximum atomic E-state index is 12.5. The summed E-state index contributed by atoms with van der Waals surface area (Å²) in [6, 6.07) is 10.2. The van der Waals surface area contributed by atoms with Crippen LogP contribution in [0.4, 0.5) is 4.79 Å². The highest BCUT2D eigenvalue weighted by Gasteiger charge is 2.51. The van der Waals surface area contributed by atoms with Gasteiger partial charge in [0.1, 0.15) is 6.10 Å². The van der Waals surface area contributed by atoms with E-state index in [1.807, 2.05) is 39.0 Å². The monoisotopic (exact) mass is 330 g/mol. The number of carbonyl (C=O) groups excluding carboxylic acids is 1. The molecule has 1 aromatic carbocycles. The second kappa shape index (κ2) is 6.40. The SMILES string of the molecule is CN1CC2CCC1([C@H](OC(=O)NC(C)(C)C)c1ccccc1)CC2. The number of likely N-dealkylation sites (N-methyl/N-ethyl adjacent to an activating group) is 1. The van der Waals surface area contributed by atoms with E-state index in [0.717, 1.165) is 30.9 Å². The lowest BCUT2D eigenvalue weighted by Crippen LogP contribution is -2.60. The van der Waals surface area contributed by atoms with Crippen molar-refractivity contribution in [2.45, 2.75) is 63.6 Å². The molecule has 1 amide bonds. The van der Waals surface area contributed by atoms with Crippen LogP contribution in [0.3, 0.4) is 0 Å². The smallest absolute Gasteiger partial charge is 0.408 e. The second-order valence-corrected chi connectivity index (χ2v) is 8.50. The van der Waals surface area contributed by atoms with E-state index in [1.54, 1.807) is 0 Å². The third-order valence-electron chi connectivity index (χ3n) is 5.56. The van der Waals surface area contributed by atoms with Crippen molar-refractivity contribution in [2.24, 2.45) is 5.92 Å². The van der Waals surface area contributed by atoms with Gasteiger partial charge in [-0.25, -0.2) is 4.79 Å². The van der Waals surface area contributed by atoms with Gasteiger partial charge in [0.05, 0.1) is 5.54 Å². The van der Waals surface area contributed by atoms with Crippen LogP contribution in [0, 0.1) is 5.92 Å². The Morgan fingerprint density at radius 3 is 2.42 bits per heavy atom. The largest absolute Gasteiger partial charge is 0.439 e. The molecule has 1 aromatic rings. The minimum atomic E-state index is -0.327. The zero-order chi connectivity index (χ0) is 17.4. The molecule has 2 aliphatic heterocycles. The molecule has 2 heterocycles. The Morgan fingerprint density at radius 1 is 1.25 bits per heavy atom. The van der Waals surface area contributed by atoms with Crippen LogP contribution in [0.1, 0.15) is 58.1 Å². The maximum Gasteiger partial charge on any atom is 0.408 e. The van der Waals surface area contributed by atoms with E-state index in [4.69, 9.17) is 4.74 Å². The maximum absolute atomic E-state index is 12.5. The summed E-state index contributed by atoms with van der Waals surface area (Å²) < 4.78 is 6.05. The molecule has 4 heteroatoms. The van der Waals surface area contributed by atoms with E-state index in [1.165, 1.54) is 12.8 Å². The van der Waals surface area contributed by atoms with Crippen LogP contribution in [-0.2, 0) is 4.74 Å². The molecular weight excluding hydrogens is 300 g/mol. The normalized spacial score (nSPS) is 28.4. The Labute approximate surface area is 145 Å². The van der Waals surface area contributed by atoms with Gasteiger partial charge in [0.25, 0.3) is 0 Å². The molecule has 2 bridgehead atoms. The first-order valence-electron chi connectivity index (χ1n) is 9.05. The van der Waals surface area contributed by atoms with Crippen molar-refractivity contribution in [3.63, 3.8) is 0 Å². The molecule has 1 atom stereocenters. The van der Waals surface area contributed by atoms with E-state index >= 15 is 0 Å². The topological polar surface area (TPSA) is 41.6 Å². The molecule has 3 aliphatic rings. The second-order valence-electron chi connectivity index (χ2n) is 8.50. The van der Waals surface area contributed by atoms with Crippen molar-refractivity contribution in [2.75, 3.05) is 13.6 Å².